The van der Waals surface area contributed by atoms with E-state index < -0.39 is 0 Å². The minimum atomic E-state index is -0.0138. The molecule has 0 aromatic heterocycles. The van der Waals surface area contributed by atoms with Gasteiger partial charge in [-0.15, -0.1) is 0 Å². The summed E-state index contributed by atoms with van der Waals surface area (Å²) in [4.78, 5) is 26.3. The van der Waals surface area contributed by atoms with Gasteiger partial charge in [0.05, 0.1) is 0 Å². The van der Waals surface area contributed by atoms with Crippen LogP contribution in [0.3, 0.4) is 0 Å². The Bertz CT molecular complexity index is 646. The topological polar surface area (TPSA) is 49.4 Å². The van der Waals surface area contributed by atoms with Gasteiger partial charge in [0.25, 0.3) is 5.91 Å². The maximum atomic E-state index is 12.4. The van der Waals surface area contributed by atoms with Crippen molar-refractivity contribution in [3.8, 4) is 0 Å². The number of carbonyl (C=O) groups is 2. The molecule has 2 aliphatic rings. The second-order valence-corrected chi connectivity index (χ2v) is 7.48. The van der Waals surface area contributed by atoms with E-state index in [0.29, 0.717) is 23.6 Å². The van der Waals surface area contributed by atoms with Crippen LogP contribution in [-0.4, -0.2) is 35.8 Å². The van der Waals surface area contributed by atoms with Gasteiger partial charge in [-0.3, -0.25) is 9.59 Å². The number of carbonyl (C=O) groups excluding carboxylic acids is 2. The molecule has 2 atom stereocenters. The highest BCUT2D eigenvalue weighted by Crippen LogP contribution is 2.27. The Hall–Kier alpha value is -2.10. The number of amides is 2. The Morgan fingerprint density at radius 1 is 1.08 bits per heavy atom. The lowest BCUT2D eigenvalue weighted by molar-refractivity contribution is -0.128. The van der Waals surface area contributed by atoms with Gasteiger partial charge in [0.2, 0.25) is 5.91 Å². The molecule has 2 unspecified atom stereocenters. The predicted octanol–water partition coefficient (Wildman–Crippen LogP) is 3.63. The van der Waals surface area contributed by atoms with Crippen LogP contribution in [0.4, 0.5) is 0 Å². The quantitative estimate of drug-likeness (QED) is 0.832. The largest absolute Gasteiger partial charge is 0.349 e. The zero-order chi connectivity index (χ0) is 17.8. The minimum absolute atomic E-state index is 0.0138. The molecule has 134 valence electrons. The Kier molecular flexibility index (Phi) is 5.57. The van der Waals surface area contributed by atoms with Crippen LogP contribution < -0.4 is 5.32 Å². The van der Waals surface area contributed by atoms with Crippen LogP contribution in [-0.2, 0) is 4.79 Å². The highest BCUT2D eigenvalue weighted by molar-refractivity contribution is 5.95. The maximum absolute atomic E-state index is 12.4. The molecule has 0 bridgehead atoms. The van der Waals surface area contributed by atoms with E-state index in [1.54, 1.807) is 6.08 Å². The van der Waals surface area contributed by atoms with Crippen molar-refractivity contribution in [1.82, 2.24) is 10.2 Å². The summed E-state index contributed by atoms with van der Waals surface area (Å²) in [6.45, 7) is 2.24. The first-order valence-corrected chi connectivity index (χ1v) is 9.40. The molecule has 25 heavy (non-hydrogen) atoms. The molecular weight excluding hydrogens is 312 g/mol. The zero-order valence-electron chi connectivity index (χ0n) is 15.2. The normalized spacial score (nSPS) is 23.4. The van der Waals surface area contributed by atoms with Gasteiger partial charge in [-0.05, 0) is 55.4 Å². The van der Waals surface area contributed by atoms with Crippen LogP contribution in [0.1, 0.15) is 61.4 Å². The number of benzene rings is 1. The van der Waals surface area contributed by atoms with E-state index in [4.69, 9.17) is 0 Å². The summed E-state index contributed by atoms with van der Waals surface area (Å²) in [7, 11) is 1.91. The van der Waals surface area contributed by atoms with Gasteiger partial charge in [-0.1, -0.05) is 31.9 Å². The van der Waals surface area contributed by atoms with Gasteiger partial charge < -0.3 is 10.2 Å². The van der Waals surface area contributed by atoms with Gasteiger partial charge in [0.1, 0.15) is 0 Å². The first-order valence-electron chi connectivity index (χ1n) is 9.40. The van der Waals surface area contributed by atoms with Crippen LogP contribution in [0, 0.1) is 5.92 Å². The summed E-state index contributed by atoms with van der Waals surface area (Å²) < 4.78 is 0. The van der Waals surface area contributed by atoms with E-state index in [2.05, 4.69) is 12.2 Å². The van der Waals surface area contributed by atoms with Gasteiger partial charge in [0.15, 0.2) is 0 Å². The number of nitrogens with one attached hydrogen (secondary N) is 1. The third-order valence-electron chi connectivity index (χ3n) is 5.42. The molecule has 4 heteroatoms. The molecule has 0 spiro atoms. The lowest BCUT2D eigenvalue weighted by Crippen LogP contribution is -2.41. The zero-order valence-corrected chi connectivity index (χ0v) is 15.2. The van der Waals surface area contributed by atoms with Crippen LogP contribution in [0.25, 0.3) is 6.08 Å². The summed E-state index contributed by atoms with van der Waals surface area (Å²) in [5.41, 5.74) is 1.60. The molecule has 2 amide bonds. The Labute approximate surface area is 150 Å². The Morgan fingerprint density at radius 2 is 1.76 bits per heavy atom. The maximum Gasteiger partial charge on any atom is 0.251 e. The number of hydrogen-bond acceptors (Lipinski definition) is 2. The molecule has 2 aliphatic carbocycles. The molecule has 0 aliphatic heterocycles. The fourth-order valence-corrected chi connectivity index (χ4v) is 3.56. The van der Waals surface area contributed by atoms with Crippen molar-refractivity contribution in [2.75, 3.05) is 7.05 Å². The monoisotopic (exact) mass is 340 g/mol. The lowest BCUT2D eigenvalue weighted by atomic mass is 9.85. The van der Waals surface area contributed by atoms with Crippen LogP contribution in [0.2, 0.25) is 0 Å². The van der Waals surface area contributed by atoms with Crippen molar-refractivity contribution in [2.45, 2.75) is 57.5 Å². The highest BCUT2D eigenvalue weighted by Gasteiger charge is 2.27. The Balaban J connectivity index is 1.56. The second-order valence-electron chi connectivity index (χ2n) is 7.48. The molecular formula is C21H28N2O2. The van der Waals surface area contributed by atoms with Crippen molar-refractivity contribution in [1.29, 1.82) is 0 Å². The molecule has 2 fully saturated rings. The van der Waals surface area contributed by atoms with Gasteiger partial charge in [-0.25, -0.2) is 0 Å². The van der Waals surface area contributed by atoms with Crippen LogP contribution in [0.15, 0.2) is 30.3 Å². The fourth-order valence-electron chi connectivity index (χ4n) is 3.56. The van der Waals surface area contributed by atoms with Crippen molar-refractivity contribution < 1.29 is 9.59 Å². The number of likely N-dealkylation sites (N-methyl/N-ethyl adjacent to an activating group) is 1. The van der Waals surface area contributed by atoms with Crippen LogP contribution >= 0.6 is 0 Å². The average Bonchev–Trinajstić information content (AvgIpc) is 3.44. The smallest absolute Gasteiger partial charge is 0.251 e. The molecule has 0 heterocycles. The Morgan fingerprint density at radius 3 is 2.40 bits per heavy atom. The lowest BCUT2D eigenvalue weighted by Gasteiger charge is -2.35. The molecule has 0 radical (unpaired) electrons. The minimum Gasteiger partial charge on any atom is -0.349 e. The number of rotatable bonds is 5. The summed E-state index contributed by atoms with van der Waals surface area (Å²) >= 11 is 0. The predicted molar refractivity (Wildman–Crippen MR) is 100 cm³/mol. The SMILES string of the molecule is CC1CCCCC1N(C)C(=O)/C=C/c1ccc(C(=O)NC2CC2)cc1. The highest BCUT2D eigenvalue weighted by atomic mass is 16.2. The van der Waals surface area contributed by atoms with Gasteiger partial charge in [0, 0.05) is 30.8 Å². The van der Waals surface area contributed by atoms with Crippen LogP contribution in [0.5, 0.6) is 0 Å². The molecule has 4 nitrogen and oxygen atoms in total. The molecule has 1 aromatic carbocycles. The third kappa shape index (κ3) is 4.71. The number of hydrogen-bond donors (Lipinski definition) is 1. The van der Waals surface area contributed by atoms with E-state index in [0.717, 1.165) is 24.8 Å². The van der Waals surface area contributed by atoms with Gasteiger partial charge >= 0.3 is 0 Å². The fraction of sp³-hybridized carbons (Fsp3) is 0.524. The average molecular weight is 340 g/mol. The summed E-state index contributed by atoms with van der Waals surface area (Å²) in [6.07, 6.45) is 10.4. The standard InChI is InChI=1S/C21H28N2O2/c1-15-5-3-4-6-19(15)23(2)20(24)14-9-16-7-10-17(11-8-16)21(25)22-18-12-13-18/h7-11,14-15,18-19H,3-6,12-13H2,1-2H3,(H,22,25)/b14-9+. The van der Waals surface area contributed by atoms with Crippen molar-refractivity contribution in [3.05, 3.63) is 41.5 Å². The molecule has 2 saturated carbocycles. The molecule has 1 aromatic rings. The van der Waals surface area contributed by atoms with Crippen molar-refractivity contribution in [3.63, 3.8) is 0 Å². The van der Waals surface area contributed by atoms with E-state index in [9.17, 15) is 9.59 Å². The first kappa shape index (κ1) is 17.7. The summed E-state index contributed by atoms with van der Waals surface area (Å²) in [5.74, 6) is 0.606. The first-order chi connectivity index (χ1) is 12.0. The van der Waals surface area contributed by atoms with E-state index >= 15 is 0 Å². The molecule has 0 saturated heterocycles. The van der Waals surface area contributed by atoms with Gasteiger partial charge in [-0.2, -0.15) is 0 Å². The van der Waals surface area contributed by atoms with E-state index in [-0.39, 0.29) is 11.8 Å². The van der Waals surface area contributed by atoms with Crippen molar-refractivity contribution in [2.24, 2.45) is 5.92 Å². The molecule has 1 N–H and O–H groups in total. The molecule has 3 rings (SSSR count). The third-order valence-corrected chi connectivity index (χ3v) is 5.42. The second kappa shape index (κ2) is 7.85. The summed E-state index contributed by atoms with van der Waals surface area (Å²) in [5, 5.41) is 2.98. The summed E-state index contributed by atoms with van der Waals surface area (Å²) in [6, 6.07) is 8.11. The number of nitrogens with zero attached hydrogens (tertiary/aromatic N) is 1. The van der Waals surface area contributed by atoms with Crippen molar-refractivity contribution >= 4 is 17.9 Å². The van der Waals surface area contributed by atoms with E-state index in [1.807, 2.05) is 42.3 Å². The van der Waals surface area contributed by atoms with E-state index in [1.165, 1.54) is 19.3 Å².